The number of hydrogen-bond acceptors (Lipinski definition) is 6. The lowest BCUT2D eigenvalue weighted by Crippen LogP contribution is -2.21. The molecule has 0 aromatic heterocycles. The molecule has 6 rings (SSSR count). The zero-order chi connectivity index (χ0) is 32.3. The summed E-state index contributed by atoms with van der Waals surface area (Å²) in [6, 6.07) is 33.4. The van der Waals surface area contributed by atoms with Crippen LogP contribution in [0.1, 0.15) is 40.3 Å². The number of hydrogen-bond donors (Lipinski definition) is 3. The Morgan fingerprint density at radius 3 is 2.28 bits per heavy atom. The summed E-state index contributed by atoms with van der Waals surface area (Å²) in [6.07, 6.45) is 3.54. The predicted octanol–water partition coefficient (Wildman–Crippen LogP) is 5.79. The Morgan fingerprint density at radius 1 is 0.848 bits per heavy atom. The molecule has 0 bridgehead atoms. The lowest BCUT2D eigenvalue weighted by Gasteiger charge is -2.23. The van der Waals surface area contributed by atoms with E-state index in [9.17, 15) is 17.8 Å². The Hall–Kier alpha value is -5.51. The van der Waals surface area contributed by atoms with Crippen LogP contribution in [-0.2, 0) is 32.7 Å². The van der Waals surface area contributed by atoms with Crippen LogP contribution in [0.2, 0.25) is 0 Å². The molecule has 0 saturated heterocycles. The van der Waals surface area contributed by atoms with Crippen LogP contribution in [0.4, 0.5) is 5.69 Å². The lowest BCUT2D eigenvalue weighted by molar-refractivity contribution is -0.114. The van der Waals surface area contributed by atoms with Crippen molar-refractivity contribution in [3.8, 4) is 11.5 Å². The van der Waals surface area contributed by atoms with Gasteiger partial charge in [-0.05, 0) is 76.4 Å². The third-order valence-electron chi connectivity index (χ3n) is 7.57. The van der Waals surface area contributed by atoms with Crippen molar-refractivity contribution in [2.45, 2.75) is 24.8 Å². The quantitative estimate of drug-likeness (QED) is 0.106. The van der Waals surface area contributed by atoms with Gasteiger partial charge in [0.25, 0.3) is 10.1 Å². The molecular weight excluding hydrogens is 600 g/mol. The maximum Gasteiger partial charge on any atom is 0.295 e. The summed E-state index contributed by atoms with van der Waals surface area (Å²) in [5.74, 6) is 0.972. The fourth-order valence-electron chi connectivity index (χ4n) is 5.52. The molecule has 0 saturated carbocycles. The van der Waals surface area contributed by atoms with E-state index in [-0.39, 0.29) is 10.8 Å². The minimum absolute atomic E-state index is 0.141. The smallest absolute Gasteiger partial charge is 0.295 e. The van der Waals surface area contributed by atoms with Crippen molar-refractivity contribution in [2.24, 2.45) is 0 Å². The van der Waals surface area contributed by atoms with E-state index >= 15 is 0 Å². The number of rotatable bonds is 9. The molecule has 1 amide bonds. The van der Waals surface area contributed by atoms with E-state index in [2.05, 4.69) is 5.32 Å². The van der Waals surface area contributed by atoms with E-state index in [1.807, 2.05) is 91.0 Å². The first kappa shape index (κ1) is 30.5. The third kappa shape index (κ3) is 6.76. The monoisotopic (exact) mass is 630 g/mol. The number of nitrogens with one attached hydrogen (secondary N) is 2. The molecule has 230 valence electrons. The van der Waals surface area contributed by atoms with Crippen LogP contribution in [0.25, 0.3) is 11.6 Å². The molecule has 5 aromatic carbocycles. The third-order valence-corrected chi connectivity index (χ3v) is 8.49. The van der Waals surface area contributed by atoms with Gasteiger partial charge in [-0.25, -0.2) is 0 Å². The molecule has 0 spiro atoms. The molecule has 5 aromatic rings. The molecule has 1 heterocycles. The fourth-order valence-corrected chi connectivity index (χ4v) is 6.22. The molecule has 1 aliphatic heterocycles. The SMILES string of the molecule is CC(=O)Nc1ccc(/C=c2\ccc3c(c2)Oc2cc(Cc4ccc(COC=N)cc4)ccc2C=3c2ccccc2S(=O)(=O)O)cc1. The van der Waals surface area contributed by atoms with E-state index in [1.54, 1.807) is 18.2 Å². The summed E-state index contributed by atoms with van der Waals surface area (Å²) in [7, 11) is -4.52. The van der Waals surface area contributed by atoms with Crippen LogP contribution in [0.3, 0.4) is 0 Å². The largest absolute Gasteiger partial charge is 0.479 e. The molecule has 9 heteroatoms. The van der Waals surface area contributed by atoms with Crippen LogP contribution in [0.15, 0.2) is 114 Å². The average Bonchev–Trinajstić information content (AvgIpc) is 3.03. The Balaban J connectivity index is 1.44. The van der Waals surface area contributed by atoms with Crippen molar-refractivity contribution in [2.75, 3.05) is 5.32 Å². The van der Waals surface area contributed by atoms with Crippen molar-refractivity contribution in [3.05, 3.63) is 153 Å². The van der Waals surface area contributed by atoms with Crippen molar-refractivity contribution in [1.29, 1.82) is 5.41 Å². The predicted molar refractivity (Wildman–Crippen MR) is 177 cm³/mol. The van der Waals surface area contributed by atoms with Gasteiger partial charge in [0.15, 0.2) is 6.40 Å². The highest BCUT2D eigenvalue weighted by Gasteiger charge is 2.25. The molecule has 0 atom stereocenters. The number of carbonyl (C=O) groups excluding carboxylic acids is 1. The molecule has 3 N–H and O–H groups in total. The van der Waals surface area contributed by atoms with Gasteiger partial charge >= 0.3 is 0 Å². The van der Waals surface area contributed by atoms with E-state index in [4.69, 9.17) is 14.9 Å². The van der Waals surface area contributed by atoms with E-state index < -0.39 is 10.1 Å². The van der Waals surface area contributed by atoms with Gasteiger partial charge in [0.05, 0.1) is 0 Å². The Bertz CT molecular complexity index is 2190. The number of ether oxygens (including phenoxy) is 2. The first-order valence-corrected chi connectivity index (χ1v) is 15.9. The Labute approximate surface area is 266 Å². The second kappa shape index (κ2) is 12.8. The minimum Gasteiger partial charge on any atom is -0.479 e. The summed E-state index contributed by atoms with van der Waals surface area (Å²) < 4.78 is 46.6. The summed E-state index contributed by atoms with van der Waals surface area (Å²) in [4.78, 5) is 11.2. The van der Waals surface area contributed by atoms with Gasteiger partial charge in [0, 0.05) is 34.5 Å². The second-order valence-electron chi connectivity index (χ2n) is 10.9. The van der Waals surface area contributed by atoms with Crippen LogP contribution < -0.4 is 20.5 Å². The highest BCUT2D eigenvalue weighted by Crippen LogP contribution is 2.38. The van der Waals surface area contributed by atoms with Crippen molar-refractivity contribution in [1.82, 2.24) is 0 Å². The van der Waals surface area contributed by atoms with Crippen LogP contribution in [0.5, 0.6) is 11.5 Å². The Kier molecular flexibility index (Phi) is 8.52. The van der Waals surface area contributed by atoms with Crippen molar-refractivity contribution in [3.63, 3.8) is 0 Å². The highest BCUT2D eigenvalue weighted by molar-refractivity contribution is 7.86. The molecule has 0 fully saturated rings. The molecule has 1 aliphatic rings. The van der Waals surface area contributed by atoms with Crippen molar-refractivity contribution < 1.29 is 27.2 Å². The first-order valence-electron chi connectivity index (χ1n) is 14.5. The molecule has 8 nitrogen and oxygen atoms in total. The summed E-state index contributed by atoms with van der Waals surface area (Å²) in [6.45, 7) is 1.80. The standard InChI is InChI=1S/C37H30N2O6S/c1-24(40)39-30-14-10-26(11-15-30)19-29-13-17-32-35(21-29)45-34-20-28(18-25-6-8-27(9-7-25)22-44-23-38)12-16-31(34)37(32)33-4-2-3-5-36(33)46(41,42)43/h2-17,19-21,23,38H,18,22H2,1H3,(H,39,40)(H,41,42,43)/b29-19+,38-23?. The second-order valence-corrected chi connectivity index (χ2v) is 12.3. The van der Waals surface area contributed by atoms with Crippen molar-refractivity contribution >= 4 is 39.8 Å². The summed E-state index contributed by atoms with van der Waals surface area (Å²) in [5, 5.41) is 11.4. The molecule has 46 heavy (non-hydrogen) atoms. The topological polar surface area (TPSA) is 126 Å². The van der Waals surface area contributed by atoms with Gasteiger partial charge in [-0.15, -0.1) is 0 Å². The zero-order valence-electron chi connectivity index (χ0n) is 24.9. The van der Waals surface area contributed by atoms with Crippen LogP contribution >= 0.6 is 0 Å². The molecule has 0 aliphatic carbocycles. The van der Waals surface area contributed by atoms with Gasteiger partial charge in [-0.2, -0.15) is 8.42 Å². The fraction of sp³-hybridized carbons (Fsp3) is 0.0811. The van der Waals surface area contributed by atoms with Gasteiger partial charge in [0.1, 0.15) is 23.0 Å². The van der Waals surface area contributed by atoms with Gasteiger partial charge < -0.3 is 14.8 Å². The minimum atomic E-state index is -4.52. The number of anilines is 1. The number of carbonyl (C=O) groups is 1. The van der Waals surface area contributed by atoms with Gasteiger partial charge in [-0.1, -0.05) is 72.8 Å². The van der Waals surface area contributed by atoms with E-state index in [1.165, 1.54) is 13.0 Å². The summed E-state index contributed by atoms with van der Waals surface area (Å²) in [5.41, 5.74) is 6.38. The number of amides is 1. The average molecular weight is 631 g/mol. The normalized spacial score (nSPS) is 12.5. The molecule has 0 unspecified atom stereocenters. The van der Waals surface area contributed by atoms with Gasteiger partial charge in [-0.3, -0.25) is 14.8 Å². The number of benzene rings is 5. The number of fused-ring (bicyclic) bond motifs is 2. The first-order chi connectivity index (χ1) is 22.2. The maximum atomic E-state index is 12.5. The lowest BCUT2D eigenvalue weighted by atomic mass is 9.91. The molecule has 0 radical (unpaired) electrons. The van der Waals surface area contributed by atoms with E-state index in [0.29, 0.717) is 52.1 Å². The van der Waals surface area contributed by atoms with E-state index in [0.717, 1.165) is 33.9 Å². The highest BCUT2D eigenvalue weighted by atomic mass is 32.2. The van der Waals surface area contributed by atoms with Crippen LogP contribution in [0, 0.1) is 5.41 Å². The van der Waals surface area contributed by atoms with Crippen LogP contribution in [-0.4, -0.2) is 25.3 Å². The zero-order valence-corrected chi connectivity index (χ0v) is 25.7. The molecular formula is C37H30N2O6S. The Morgan fingerprint density at radius 2 is 1.57 bits per heavy atom. The van der Waals surface area contributed by atoms with Gasteiger partial charge in [0.2, 0.25) is 5.91 Å². The maximum absolute atomic E-state index is 12.5. The summed E-state index contributed by atoms with van der Waals surface area (Å²) >= 11 is 0.